The Kier molecular flexibility index (Phi) is 6.90. The fourth-order valence-corrected chi connectivity index (χ4v) is 3.47. The number of anilines is 1. The number of hydrogen-bond acceptors (Lipinski definition) is 4. The van der Waals surface area contributed by atoms with Gasteiger partial charge in [-0.2, -0.15) is 0 Å². The summed E-state index contributed by atoms with van der Waals surface area (Å²) < 4.78 is 5.16. The number of nitrogens with one attached hydrogen (secondary N) is 2. The van der Waals surface area contributed by atoms with Gasteiger partial charge in [0.1, 0.15) is 5.75 Å². The molecule has 6 nitrogen and oxygen atoms in total. The van der Waals surface area contributed by atoms with E-state index in [1.54, 1.807) is 37.4 Å². The van der Waals surface area contributed by atoms with E-state index in [4.69, 9.17) is 16.3 Å². The Labute approximate surface area is 169 Å². The van der Waals surface area contributed by atoms with Crippen LogP contribution in [0.25, 0.3) is 0 Å². The second-order valence-electron chi connectivity index (χ2n) is 6.78. The number of carbonyl (C=O) groups is 2. The summed E-state index contributed by atoms with van der Waals surface area (Å²) in [4.78, 5) is 26.7. The van der Waals surface area contributed by atoms with Crippen LogP contribution in [0.4, 0.5) is 5.69 Å². The van der Waals surface area contributed by atoms with Crippen molar-refractivity contribution >= 4 is 29.1 Å². The maximum Gasteiger partial charge on any atom is 0.253 e. The number of rotatable bonds is 6. The highest BCUT2D eigenvalue weighted by Gasteiger charge is 2.23. The molecule has 0 radical (unpaired) electrons. The molecular formula is C21H24ClN3O3. The summed E-state index contributed by atoms with van der Waals surface area (Å²) in [6.07, 6.45) is 1.59. The van der Waals surface area contributed by atoms with Gasteiger partial charge in [-0.1, -0.05) is 29.8 Å². The summed E-state index contributed by atoms with van der Waals surface area (Å²) in [6.45, 7) is 1.82. The van der Waals surface area contributed by atoms with E-state index in [1.165, 1.54) is 0 Å². The van der Waals surface area contributed by atoms with Gasteiger partial charge in [0, 0.05) is 30.9 Å². The summed E-state index contributed by atoms with van der Waals surface area (Å²) in [5, 5.41) is 6.38. The fraction of sp³-hybridized carbons (Fsp3) is 0.333. The molecular weight excluding hydrogens is 378 g/mol. The Morgan fingerprint density at radius 3 is 2.61 bits per heavy atom. The lowest BCUT2D eigenvalue weighted by atomic mass is 10.0. The number of halogens is 1. The highest BCUT2D eigenvalue weighted by atomic mass is 35.5. The Bertz CT molecular complexity index is 835. The molecule has 7 heteroatoms. The predicted molar refractivity (Wildman–Crippen MR) is 110 cm³/mol. The Balaban J connectivity index is 1.44. The number of methoxy groups -OCH3 is 1. The van der Waals surface area contributed by atoms with Gasteiger partial charge >= 0.3 is 0 Å². The molecule has 0 aromatic heterocycles. The van der Waals surface area contributed by atoms with Crippen LogP contribution in [-0.4, -0.2) is 49.5 Å². The lowest BCUT2D eigenvalue weighted by molar-refractivity contribution is -0.117. The second kappa shape index (κ2) is 9.57. The first-order valence-corrected chi connectivity index (χ1v) is 9.64. The summed E-state index contributed by atoms with van der Waals surface area (Å²) in [7, 11) is 1.59. The molecule has 0 atom stereocenters. The SMILES string of the molecule is COc1cccc(NC(=O)CN2CCC(NC(=O)c3ccccc3Cl)CC2)c1. The zero-order valence-corrected chi connectivity index (χ0v) is 16.5. The summed E-state index contributed by atoms with van der Waals surface area (Å²) >= 11 is 6.08. The minimum Gasteiger partial charge on any atom is -0.497 e. The minimum absolute atomic E-state index is 0.0631. The number of amides is 2. The molecule has 0 spiro atoms. The van der Waals surface area contributed by atoms with Gasteiger partial charge in [0.2, 0.25) is 5.91 Å². The molecule has 0 bridgehead atoms. The molecule has 1 aliphatic heterocycles. The van der Waals surface area contributed by atoms with Crippen LogP contribution in [0.5, 0.6) is 5.75 Å². The zero-order chi connectivity index (χ0) is 19.9. The first-order valence-electron chi connectivity index (χ1n) is 9.27. The van der Waals surface area contributed by atoms with Crippen molar-refractivity contribution in [2.75, 3.05) is 32.1 Å². The normalized spacial score (nSPS) is 15.1. The van der Waals surface area contributed by atoms with Gasteiger partial charge in [0.05, 0.1) is 24.2 Å². The number of likely N-dealkylation sites (tertiary alicyclic amines) is 1. The molecule has 0 aliphatic carbocycles. The quantitative estimate of drug-likeness (QED) is 0.779. The van der Waals surface area contributed by atoms with Gasteiger partial charge in [-0.25, -0.2) is 0 Å². The van der Waals surface area contributed by atoms with Crippen LogP contribution in [0, 0.1) is 0 Å². The molecule has 1 heterocycles. The maximum absolute atomic E-state index is 12.4. The van der Waals surface area contributed by atoms with E-state index in [-0.39, 0.29) is 17.9 Å². The minimum atomic E-state index is -0.153. The highest BCUT2D eigenvalue weighted by Crippen LogP contribution is 2.18. The van der Waals surface area contributed by atoms with Crippen LogP contribution in [0.1, 0.15) is 23.2 Å². The topological polar surface area (TPSA) is 70.7 Å². The first-order chi connectivity index (χ1) is 13.5. The molecule has 1 aliphatic rings. The number of ether oxygens (including phenoxy) is 1. The van der Waals surface area contributed by atoms with Crippen LogP contribution < -0.4 is 15.4 Å². The van der Waals surface area contributed by atoms with Gasteiger partial charge in [-0.05, 0) is 37.1 Å². The van der Waals surface area contributed by atoms with Crippen molar-refractivity contribution in [3.8, 4) is 5.75 Å². The molecule has 2 N–H and O–H groups in total. The largest absolute Gasteiger partial charge is 0.497 e. The molecule has 148 valence electrons. The van der Waals surface area contributed by atoms with E-state index in [2.05, 4.69) is 15.5 Å². The fourth-order valence-electron chi connectivity index (χ4n) is 3.25. The average molecular weight is 402 g/mol. The average Bonchev–Trinajstić information content (AvgIpc) is 2.70. The molecule has 28 heavy (non-hydrogen) atoms. The van der Waals surface area contributed by atoms with Crippen LogP contribution in [-0.2, 0) is 4.79 Å². The van der Waals surface area contributed by atoms with Crippen molar-refractivity contribution in [1.29, 1.82) is 0 Å². The first kappa shape index (κ1) is 20.2. The van der Waals surface area contributed by atoms with E-state index in [0.717, 1.165) is 25.9 Å². The number of hydrogen-bond donors (Lipinski definition) is 2. The molecule has 2 aromatic carbocycles. The van der Waals surface area contributed by atoms with E-state index in [0.29, 0.717) is 28.6 Å². The predicted octanol–water partition coefficient (Wildman–Crippen LogP) is 3.18. The Hall–Kier alpha value is -2.57. The molecule has 2 amide bonds. The standard InChI is InChI=1S/C21H24ClN3O3/c1-28-17-6-4-5-16(13-17)23-20(26)14-25-11-9-15(10-12-25)24-21(27)18-7-2-3-8-19(18)22/h2-8,13,15H,9-12,14H2,1H3,(H,23,26)(H,24,27). The van der Waals surface area contributed by atoms with Crippen LogP contribution >= 0.6 is 11.6 Å². The number of piperidine rings is 1. The molecule has 1 saturated heterocycles. The van der Waals surface area contributed by atoms with E-state index >= 15 is 0 Å². The third-order valence-electron chi connectivity index (χ3n) is 4.76. The second-order valence-corrected chi connectivity index (χ2v) is 7.19. The number of carbonyl (C=O) groups excluding carboxylic acids is 2. The Morgan fingerprint density at radius 1 is 1.14 bits per heavy atom. The van der Waals surface area contributed by atoms with Crippen molar-refractivity contribution in [3.63, 3.8) is 0 Å². The molecule has 3 rings (SSSR count). The lowest BCUT2D eigenvalue weighted by Crippen LogP contribution is -2.46. The third-order valence-corrected chi connectivity index (χ3v) is 5.09. The summed E-state index contributed by atoms with van der Waals surface area (Å²) in [5.41, 5.74) is 1.20. The lowest BCUT2D eigenvalue weighted by Gasteiger charge is -2.31. The number of nitrogens with zero attached hydrogens (tertiary/aromatic N) is 1. The Morgan fingerprint density at radius 2 is 1.89 bits per heavy atom. The molecule has 2 aromatic rings. The van der Waals surface area contributed by atoms with Crippen molar-refractivity contribution in [1.82, 2.24) is 10.2 Å². The molecule has 0 saturated carbocycles. The van der Waals surface area contributed by atoms with E-state index in [1.807, 2.05) is 18.2 Å². The van der Waals surface area contributed by atoms with Crippen molar-refractivity contribution in [3.05, 3.63) is 59.1 Å². The summed E-state index contributed by atoms with van der Waals surface area (Å²) in [5.74, 6) is 0.486. The third kappa shape index (κ3) is 5.47. The highest BCUT2D eigenvalue weighted by molar-refractivity contribution is 6.33. The smallest absolute Gasteiger partial charge is 0.253 e. The monoisotopic (exact) mass is 401 g/mol. The van der Waals surface area contributed by atoms with Gasteiger partial charge in [0.15, 0.2) is 0 Å². The van der Waals surface area contributed by atoms with E-state index < -0.39 is 0 Å². The zero-order valence-electron chi connectivity index (χ0n) is 15.8. The van der Waals surface area contributed by atoms with Gasteiger partial charge < -0.3 is 15.4 Å². The van der Waals surface area contributed by atoms with Crippen molar-refractivity contribution < 1.29 is 14.3 Å². The van der Waals surface area contributed by atoms with E-state index in [9.17, 15) is 9.59 Å². The van der Waals surface area contributed by atoms with Gasteiger partial charge in [0.25, 0.3) is 5.91 Å². The van der Waals surface area contributed by atoms with Crippen molar-refractivity contribution in [2.24, 2.45) is 0 Å². The molecule has 1 fully saturated rings. The van der Waals surface area contributed by atoms with Gasteiger partial charge in [-0.15, -0.1) is 0 Å². The number of benzene rings is 2. The maximum atomic E-state index is 12.4. The van der Waals surface area contributed by atoms with Crippen LogP contribution in [0.2, 0.25) is 5.02 Å². The van der Waals surface area contributed by atoms with Crippen LogP contribution in [0.15, 0.2) is 48.5 Å². The van der Waals surface area contributed by atoms with Crippen LogP contribution in [0.3, 0.4) is 0 Å². The summed E-state index contributed by atoms with van der Waals surface area (Å²) in [6, 6.07) is 14.4. The van der Waals surface area contributed by atoms with Gasteiger partial charge in [-0.3, -0.25) is 14.5 Å². The molecule has 0 unspecified atom stereocenters. The van der Waals surface area contributed by atoms with Crippen molar-refractivity contribution in [2.45, 2.75) is 18.9 Å².